The van der Waals surface area contributed by atoms with Crippen LogP contribution in [0.2, 0.25) is 0 Å². The minimum Gasteiger partial charge on any atom is -0.368 e. The van der Waals surface area contributed by atoms with Crippen molar-refractivity contribution in [2.45, 2.75) is 32.4 Å². The van der Waals surface area contributed by atoms with E-state index in [2.05, 4.69) is 21.1 Å². The van der Waals surface area contributed by atoms with Crippen molar-refractivity contribution in [3.8, 4) is 0 Å². The maximum Gasteiger partial charge on any atom is 0.319 e. The van der Waals surface area contributed by atoms with Crippen molar-refractivity contribution < 1.29 is 18.8 Å². The molecule has 0 aromatic heterocycles. The zero-order valence-electron chi connectivity index (χ0n) is 17.1. The van der Waals surface area contributed by atoms with Crippen LogP contribution in [0.3, 0.4) is 0 Å². The molecule has 1 aliphatic rings. The van der Waals surface area contributed by atoms with Crippen molar-refractivity contribution in [1.82, 2.24) is 5.32 Å². The smallest absolute Gasteiger partial charge is 0.319 e. The van der Waals surface area contributed by atoms with Crippen LogP contribution in [0.4, 0.5) is 26.2 Å². The molecule has 0 radical (unpaired) electrons. The van der Waals surface area contributed by atoms with Crippen LogP contribution >= 0.6 is 0 Å². The summed E-state index contributed by atoms with van der Waals surface area (Å²) in [7, 11) is 0. The Labute approximate surface area is 178 Å². The maximum atomic E-state index is 13.2. The van der Waals surface area contributed by atoms with Crippen LogP contribution in [0, 0.1) is 5.82 Å². The van der Waals surface area contributed by atoms with E-state index in [-0.39, 0.29) is 18.2 Å². The van der Waals surface area contributed by atoms with Crippen LogP contribution in [-0.4, -0.2) is 35.6 Å². The Morgan fingerprint density at radius 1 is 1.06 bits per heavy atom. The van der Waals surface area contributed by atoms with E-state index < -0.39 is 29.7 Å². The number of hydrazone groups is 1. The summed E-state index contributed by atoms with van der Waals surface area (Å²) in [5.74, 6) is -1.65. The molecular formula is C21H23FN6O3. The van der Waals surface area contributed by atoms with E-state index in [0.29, 0.717) is 17.1 Å². The Hall–Kier alpha value is -3.95. The second kappa shape index (κ2) is 9.24. The van der Waals surface area contributed by atoms with Crippen LogP contribution in [0.5, 0.6) is 0 Å². The van der Waals surface area contributed by atoms with Crippen molar-refractivity contribution in [2.75, 3.05) is 15.6 Å². The highest BCUT2D eigenvalue weighted by Crippen LogP contribution is 2.26. The van der Waals surface area contributed by atoms with Gasteiger partial charge in [0.1, 0.15) is 17.6 Å². The third-order valence-electron chi connectivity index (χ3n) is 4.44. The van der Waals surface area contributed by atoms with E-state index in [9.17, 15) is 18.8 Å². The number of carbonyl (C=O) groups is 3. The van der Waals surface area contributed by atoms with Gasteiger partial charge in [0, 0.05) is 12.5 Å². The van der Waals surface area contributed by atoms with Gasteiger partial charge in [0.2, 0.25) is 5.91 Å². The first-order valence-corrected chi connectivity index (χ1v) is 9.64. The van der Waals surface area contributed by atoms with E-state index in [1.54, 1.807) is 24.3 Å². The first-order chi connectivity index (χ1) is 14.7. The fourth-order valence-corrected chi connectivity index (χ4v) is 3.02. The van der Waals surface area contributed by atoms with E-state index in [4.69, 9.17) is 5.73 Å². The maximum absolute atomic E-state index is 13.2. The first-order valence-electron chi connectivity index (χ1n) is 9.64. The lowest BCUT2D eigenvalue weighted by Crippen LogP contribution is -2.39. The average molecular weight is 426 g/mol. The number of hydrogen-bond donors (Lipinski definition) is 4. The number of nitrogens with one attached hydrogen (secondary N) is 3. The van der Waals surface area contributed by atoms with Gasteiger partial charge >= 0.3 is 6.03 Å². The van der Waals surface area contributed by atoms with E-state index in [0.717, 1.165) is 0 Å². The summed E-state index contributed by atoms with van der Waals surface area (Å²) >= 11 is 0. The van der Waals surface area contributed by atoms with E-state index in [1.165, 1.54) is 29.3 Å². The Bertz CT molecular complexity index is 1020. The summed E-state index contributed by atoms with van der Waals surface area (Å²) in [6.07, 6.45) is -0.0119. The number of carbonyl (C=O) groups excluding carboxylic acids is 3. The lowest BCUT2D eigenvalue weighted by atomic mass is 10.1. The number of anilines is 3. The minimum absolute atomic E-state index is 0.0119. The highest BCUT2D eigenvalue weighted by Gasteiger charge is 2.35. The lowest BCUT2D eigenvalue weighted by molar-refractivity contribution is -0.119. The third-order valence-corrected chi connectivity index (χ3v) is 4.44. The van der Waals surface area contributed by atoms with Gasteiger partial charge < -0.3 is 21.7 Å². The van der Waals surface area contributed by atoms with Gasteiger partial charge in [0.15, 0.2) is 0 Å². The molecule has 0 aliphatic carbocycles. The van der Waals surface area contributed by atoms with Gasteiger partial charge in [-0.25, -0.2) is 9.18 Å². The third kappa shape index (κ3) is 5.35. The van der Waals surface area contributed by atoms with Gasteiger partial charge in [-0.3, -0.25) is 14.6 Å². The Morgan fingerprint density at radius 2 is 1.68 bits per heavy atom. The van der Waals surface area contributed by atoms with Crippen molar-refractivity contribution in [3.05, 3.63) is 54.3 Å². The number of benzene rings is 2. The van der Waals surface area contributed by atoms with Crippen LogP contribution < -0.4 is 26.7 Å². The monoisotopic (exact) mass is 426 g/mol. The number of halogens is 1. The van der Waals surface area contributed by atoms with Crippen LogP contribution in [-0.2, 0) is 9.59 Å². The second-order valence-corrected chi connectivity index (χ2v) is 7.24. The molecule has 162 valence electrons. The summed E-state index contributed by atoms with van der Waals surface area (Å²) in [5, 5.41) is 13.6. The molecule has 2 aromatic rings. The molecular weight excluding hydrogens is 403 g/mol. The Morgan fingerprint density at radius 3 is 2.26 bits per heavy atom. The highest BCUT2D eigenvalue weighted by atomic mass is 19.1. The average Bonchev–Trinajstić information content (AvgIpc) is 3.15. The van der Waals surface area contributed by atoms with Crippen molar-refractivity contribution >= 4 is 40.6 Å². The molecule has 2 aromatic carbocycles. The van der Waals surface area contributed by atoms with Crippen LogP contribution in [0.15, 0.2) is 53.6 Å². The molecule has 1 aliphatic heterocycles. The van der Waals surface area contributed by atoms with E-state index in [1.807, 2.05) is 13.8 Å². The number of primary amides is 1. The number of hydrogen-bond acceptors (Lipinski definition) is 5. The fourth-order valence-electron chi connectivity index (χ4n) is 3.02. The second-order valence-electron chi connectivity index (χ2n) is 7.24. The Kier molecular flexibility index (Phi) is 6.49. The molecule has 5 N–H and O–H groups in total. The van der Waals surface area contributed by atoms with Gasteiger partial charge in [-0.05, 0) is 50.2 Å². The number of amides is 4. The van der Waals surface area contributed by atoms with Crippen molar-refractivity contribution in [1.29, 1.82) is 0 Å². The Balaban J connectivity index is 1.79. The zero-order valence-corrected chi connectivity index (χ0v) is 17.1. The normalized spacial score (nSPS) is 15.4. The molecule has 1 heterocycles. The van der Waals surface area contributed by atoms with E-state index >= 15 is 0 Å². The van der Waals surface area contributed by atoms with Crippen LogP contribution in [0.1, 0.15) is 20.3 Å². The van der Waals surface area contributed by atoms with Crippen molar-refractivity contribution in [2.24, 2.45) is 10.8 Å². The number of urea groups is 1. The number of nitrogens with two attached hydrogens (primary N) is 1. The first kappa shape index (κ1) is 21.8. The molecule has 1 atom stereocenters. The van der Waals surface area contributed by atoms with Crippen LogP contribution in [0.25, 0.3) is 0 Å². The van der Waals surface area contributed by atoms with Crippen molar-refractivity contribution in [3.63, 3.8) is 0 Å². The molecule has 1 unspecified atom stereocenters. The molecule has 10 heteroatoms. The number of nitrogens with zero attached hydrogens (tertiary/aromatic N) is 2. The minimum atomic E-state index is -0.878. The topological polar surface area (TPSA) is 129 Å². The molecule has 3 rings (SSSR count). The zero-order chi connectivity index (χ0) is 22.5. The van der Waals surface area contributed by atoms with Gasteiger partial charge in [-0.1, -0.05) is 12.1 Å². The molecule has 0 fully saturated rings. The fraction of sp³-hybridized carbons (Fsp3) is 0.238. The number of rotatable bonds is 6. The number of para-hydroxylation sites is 2. The standard InChI is InChI=1S/C21H23FN6O3/c1-12(2)24-21(31)26-16-6-4-3-5-15(16)25-20(30)17-11-18(19(23)29)28(27-17)14-9-7-13(22)8-10-14/h3-10,12,18H,11H2,1-2H3,(H2,23,29)(H,25,30)(H2,24,26,31). The summed E-state index contributed by atoms with van der Waals surface area (Å²) in [6, 6.07) is 10.7. The molecule has 0 bridgehead atoms. The van der Waals surface area contributed by atoms with Gasteiger partial charge in [0.25, 0.3) is 5.91 Å². The lowest BCUT2D eigenvalue weighted by Gasteiger charge is -2.20. The molecule has 0 saturated carbocycles. The highest BCUT2D eigenvalue weighted by molar-refractivity contribution is 6.44. The molecule has 31 heavy (non-hydrogen) atoms. The largest absolute Gasteiger partial charge is 0.368 e. The molecule has 4 amide bonds. The predicted molar refractivity (Wildman–Crippen MR) is 116 cm³/mol. The SMILES string of the molecule is CC(C)NC(=O)Nc1ccccc1NC(=O)C1=NN(c2ccc(F)cc2)C(C(N)=O)C1. The summed E-state index contributed by atoms with van der Waals surface area (Å²) in [6.45, 7) is 3.65. The summed E-state index contributed by atoms with van der Waals surface area (Å²) in [5.41, 5.74) is 6.75. The summed E-state index contributed by atoms with van der Waals surface area (Å²) < 4.78 is 13.2. The van der Waals surface area contributed by atoms with Gasteiger partial charge in [-0.2, -0.15) is 5.10 Å². The predicted octanol–water partition coefficient (Wildman–Crippen LogP) is 2.41. The quantitative estimate of drug-likeness (QED) is 0.565. The summed E-state index contributed by atoms with van der Waals surface area (Å²) in [4.78, 5) is 36.7. The van der Waals surface area contributed by atoms with Gasteiger partial charge in [-0.15, -0.1) is 0 Å². The molecule has 9 nitrogen and oxygen atoms in total. The molecule has 0 spiro atoms. The van der Waals surface area contributed by atoms with Gasteiger partial charge in [0.05, 0.1) is 17.1 Å². The molecule has 0 saturated heterocycles.